The minimum atomic E-state index is -1.15. The van der Waals surface area contributed by atoms with E-state index < -0.39 is 5.60 Å². The molecule has 0 saturated heterocycles. The number of hydrogen-bond acceptors (Lipinski definition) is 7. The first-order valence-corrected chi connectivity index (χ1v) is 13.9. The molecule has 1 aliphatic carbocycles. The van der Waals surface area contributed by atoms with E-state index in [0.29, 0.717) is 34.4 Å². The van der Waals surface area contributed by atoms with Gasteiger partial charge in [0.15, 0.2) is 11.5 Å². The molecule has 1 aliphatic rings. The quantitative estimate of drug-likeness (QED) is 0.308. The highest BCUT2D eigenvalue weighted by Crippen LogP contribution is 2.36. The van der Waals surface area contributed by atoms with Crippen LogP contribution in [-0.4, -0.2) is 54.3 Å². The fourth-order valence-electron chi connectivity index (χ4n) is 5.50. The molecule has 2 N–H and O–H groups in total. The molecule has 1 fully saturated rings. The summed E-state index contributed by atoms with van der Waals surface area (Å²) in [4.78, 5) is 41.0. The molecule has 3 aromatic heterocycles. The third-order valence-corrected chi connectivity index (χ3v) is 7.71. The summed E-state index contributed by atoms with van der Waals surface area (Å²) in [6.07, 6.45) is 6.98. The largest absolute Gasteiger partial charge is 0.384 e. The van der Waals surface area contributed by atoms with Gasteiger partial charge in [-0.25, -0.2) is 19.3 Å². The number of anilines is 2. The van der Waals surface area contributed by atoms with E-state index in [4.69, 9.17) is 4.98 Å². The molecule has 1 saturated carbocycles. The van der Waals surface area contributed by atoms with Crippen LogP contribution in [0.3, 0.4) is 0 Å². The molecular weight excluding hydrogens is 518 g/mol. The molecule has 0 spiro atoms. The maximum atomic E-state index is 13.2. The molecule has 10 nitrogen and oxygen atoms in total. The molecule has 0 aliphatic heterocycles. The van der Waals surface area contributed by atoms with Gasteiger partial charge in [0.05, 0.1) is 12.2 Å². The van der Waals surface area contributed by atoms with Gasteiger partial charge in [-0.1, -0.05) is 24.3 Å². The van der Waals surface area contributed by atoms with Crippen molar-refractivity contribution in [3.8, 4) is 5.82 Å². The second kappa shape index (κ2) is 11.3. The lowest BCUT2D eigenvalue weighted by Gasteiger charge is -2.29. The van der Waals surface area contributed by atoms with Crippen molar-refractivity contribution >= 4 is 28.6 Å². The van der Waals surface area contributed by atoms with Crippen LogP contribution in [0.25, 0.3) is 16.9 Å². The van der Waals surface area contributed by atoms with Crippen LogP contribution in [0.2, 0.25) is 0 Å². The fourth-order valence-corrected chi connectivity index (χ4v) is 5.50. The summed E-state index contributed by atoms with van der Waals surface area (Å²) >= 11 is 0. The van der Waals surface area contributed by atoms with Gasteiger partial charge in [0.25, 0.3) is 5.56 Å². The van der Waals surface area contributed by atoms with Crippen molar-refractivity contribution < 1.29 is 9.90 Å². The van der Waals surface area contributed by atoms with E-state index in [-0.39, 0.29) is 23.9 Å². The Bertz CT molecular complexity index is 1620. The third-order valence-electron chi connectivity index (χ3n) is 7.71. The SMILES string of the molecule is C=CCn1c(=O)c2cnc(Nc3ccc(C4CCC(C(=O)N(C)C)CC4)cc3)nc2n1-c1cccc(C(C)(C)O)n1. The van der Waals surface area contributed by atoms with E-state index in [9.17, 15) is 14.7 Å². The van der Waals surface area contributed by atoms with E-state index in [1.54, 1.807) is 47.7 Å². The van der Waals surface area contributed by atoms with Crippen molar-refractivity contribution in [3.05, 3.63) is 82.9 Å². The van der Waals surface area contributed by atoms with E-state index >= 15 is 0 Å². The first-order chi connectivity index (χ1) is 19.6. The van der Waals surface area contributed by atoms with Gasteiger partial charge in [-0.05, 0) is 75.3 Å². The van der Waals surface area contributed by atoms with E-state index in [2.05, 4.69) is 34.0 Å². The number of benzene rings is 1. The summed E-state index contributed by atoms with van der Waals surface area (Å²) in [6, 6.07) is 13.5. The van der Waals surface area contributed by atoms with Crippen LogP contribution >= 0.6 is 0 Å². The van der Waals surface area contributed by atoms with E-state index in [1.165, 1.54) is 16.4 Å². The number of carbonyl (C=O) groups excluding carboxylic acids is 1. The number of fused-ring (bicyclic) bond motifs is 1. The second-order valence-corrected chi connectivity index (χ2v) is 11.4. The number of aliphatic hydroxyl groups is 1. The maximum absolute atomic E-state index is 13.2. The van der Waals surface area contributed by atoms with Crippen LogP contribution in [0.1, 0.15) is 56.7 Å². The lowest BCUT2D eigenvalue weighted by molar-refractivity contribution is -0.134. The Labute approximate surface area is 239 Å². The van der Waals surface area contributed by atoms with Gasteiger partial charge in [0, 0.05) is 31.9 Å². The van der Waals surface area contributed by atoms with Crippen LogP contribution < -0.4 is 10.9 Å². The highest BCUT2D eigenvalue weighted by atomic mass is 16.3. The molecule has 214 valence electrons. The molecule has 0 unspecified atom stereocenters. The zero-order chi connectivity index (χ0) is 29.3. The zero-order valence-electron chi connectivity index (χ0n) is 24.0. The van der Waals surface area contributed by atoms with Gasteiger partial charge in [0.2, 0.25) is 11.9 Å². The standard InChI is InChI=1S/C31H37N7O3/c1-6-18-37-29(40)24-19-32-30(35-27(24)38(37)26-9-7-8-25(34-26)31(2,3)41)33-23-16-14-21(15-17-23)20-10-12-22(13-11-20)28(39)36(4)5/h6-9,14-17,19-20,22,41H,1,10-13,18H2,2-5H3,(H,32,33,35). The van der Waals surface area contributed by atoms with Crippen molar-refractivity contribution in [2.75, 3.05) is 19.4 Å². The molecule has 0 radical (unpaired) electrons. The van der Waals surface area contributed by atoms with Gasteiger partial charge in [-0.2, -0.15) is 4.98 Å². The normalized spacial score (nSPS) is 17.4. The van der Waals surface area contributed by atoms with E-state index in [1.807, 2.05) is 26.2 Å². The van der Waals surface area contributed by atoms with Gasteiger partial charge >= 0.3 is 0 Å². The summed E-state index contributed by atoms with van der Waals surface area (Å²) in [7, 11) is 3.65. The molecule has 0 atom stereocenters. The first kappa shape index (κ1) is 28.2. The van der Waals surface area contributed by atoms with Crippen LogP contribution in [0.4, 0.5) is 11.6 Å². The first-order valence-electron chi connectivity index (χ1n) is 13.9. The van der Waals surface area contributed by atoms with Crippen molar-refractivity contribution in [2.24, 2.45) is 5.92 Å². The average molecular weight is 556 g/mol. The Morgan fingerprint density at radius 2 is 1.83 bits per heavy atom. The maximum Gasteiger partial charge on any atom is 0.278 e. The molecular formula is C31H37N7O3. The Kier molecular flexibility index (Phi) is 7.77. The molecule has 41 heavy (non-hydrogen) atoms. The zero-order valence-corrected chi connectivity index (χ0v) is 24.0. The summed E-state index contributed by atoms with van der Waals surface area (Å²) in [6.45, 7) is 7.37. The van der Waals surface area contributed by atoms with Gasteiger partial charge < -0.3 is 15.3 Å². The number of rotatable bonds is 8. The summed E-state index contributed by atoms with van der Waals surface area (Å²) in [5.74, 6) is 1.59. The number of allylic oxidation sites excluding steroid dienone is 1. The highest BCUT2D eigenvalue weighted by Gasteiger charge is 2.28. The Morgan fingerprint density at radius 3 is 2.46 bits per heavy atom. The molecule has 10 heteroatoms. The van der Waals surface area contributed by atoms with Crippen molar-refractivity contribution in [1.29, 1.82) is 0 Å². The minimum Gasteiger partial charge on any atom is -0.384 e. The molecule has 5 rings (SSSR count). The van der Waals surface area contributed by atoms with E-state index in [0.717, 1.165) is 31.4 Å². The summed E-state index contributed by atoms with van der Waals surface area (Å²) < 4.78 is 3.14. The number of carbonyl (C=O) groups is 1. The van der Waals surface area contributed by atoms with Crippen LogP contribution in [-0.2, 0) is 16.9 Å². The Morgan fingerprint density at radius 1 is 1.12 bits per heavy atom. The van der Waals surface area contributed by atoms with Crippen molar-refractivity contribution in [1.82, 2.24) is 29.2 Å². The Hall–Kier alpha value is -4.31. The topological polar surface area (TPSA) is 118 Å². The Balaban J connectivity index is 1.40. The second-order valence-electron chi connectivity index (χ2n) is 11.4. The number of nitrogens with zero attached hydrogens (tertiary/aromatic N) is 6. The molecule has 4 aromatic rings. The number of nitrogens with one attached hydrogen (secondary N) is 1. The number of pyridine rings is 1. The lowest BCUT2D eigenvalue weighted by atomic mass is 9.78. The van der Waals surface area contributed by atoms with Crippen LogP contribution in [0.5, 0.6) is 0 Å². The van der Waals surface area contributed by atoms with Crippen LogP contribution in [0, 0.1) is 5.92 Å². The highest BCUT2D eigenvalue weighted by molar-refractivity contribution is 5.78. The number of amides is 1. The number of hydrogen-bond donors (Lipinski definition) is 2. The van der Waals surface area contributed by atoms with Crippen LogP contribution in [0.15, 0.2) is 66.1 Å². The average Bonchev–Trinajstić information content (AvgIpc) is 3.23. The third kappa shape index (κ3) is 5.78. The minimum absolute atomic E-state index is 0.126. The van der Waals surface area contributed by atoms with Crippen molar-refractivity contribution in [3.63, 3.8) is 0 Å². The molecule has 0 bridgehead atoms. The summed E-state index contributed by atoms with van der Waals surface area (Å²) in [5, 5.41) is 14.1. The molecule has 3 heterocycles. The summed E-state index contributed by atoms with van der Waals surface area (Å²) in [5.41, 5.74) is 1.55. The predicted octanol–water partition coefficient (Wildman–Crippen LogP) is 4.50. The van der Waals surface area contributed by atoms with Gasteiger partial charge in [0.1, 0.15) is 11.0 Å². The predicted molar refractivity (Wildman–Crippen MR) is 159 cm³/mol. The van der Waals surface area contributed by atoms with Gasteiger partial charge in [-0.15, -0.1) is 6.58 Å². The molecule has 1 amide bonds. The molecule has 1 aromatic carbocycles. The lowest BCUT2D eigenvalue weighted by Crippen LogP contribution is -2.31. The van der Waals surface area contributed by atoms with Gasteiger partial charge in [-0.3, -0.25) is 9.59 Å². The fraction of sp³-hybridized carbons (Fsp3) is 0.387. The monoisotopic (exact) mass is 555 g/mol. The van der Waals surface area contributed by atoms with Crippen molar-refractivity contribution in [2.45, 2.75) is 57.6 Å². The number of aromatic nitrogens is 5. The smallest absolute Gasteiger partial charge is 0.278 e.